The molecule has 0 fully saturated rings. The number of likely N-dealkylation sites (N-methyl/N-ethyl adjacent to an activating group) is 1. The molecule has 0 radical (unpaired) electrons. The van der Waals surface area contributed by atoms with Crippen molar-refractivity contribution in [1.29, 1.82) is 0 Å². The van der Waals surface area contributed by atoms with E-state index in [1.54, 1.807) is 0 Å². The van der Waals surface area contributed by atoms with Gasteiger partial charge in [-0.25, -0.2) is 4.98 Å². The highest BCUT2D eigenvalue weighted by atomic mass is 15.0. The summed E-state index contributed by atoms with van der Waals surface area (Å²) >= 11 is 0. The molecular weight excluding hydrogens is 246 g/mol. The second-order valence-corrected chi connectivity index (χ2v) is 5.86. The fourth-order valence-electron chi connectivity index (χ4n) is 2.67. The van der Waals surface area contributed by atoms with Crippen molar-refractivity contribution in [3.05, 3.63) is 54.1 Å². The predicted octanol–water partition coefficient (Wildman–Crippen LogP) is 2.92. The Labute approximate surface area is 122 Å². The quantitative estimate of drug-likeness (QED) is 0.875. The first-order valence-corrected chi connectivity index (χ1v) is 7.30. The summed E-state index contributed by atoms with van der Waals surface area (Å²) in [6.45, 7) is 7.73. The van der Waals surface area contributed by atoms with E-state index in [0.29, 0.717) is 6.04 Å². The van der Waals surface area contributed by atoms with Gasteiger partial charge in [-0.3, -0.25) is 0 Å². The number of aromatic nitrogens is 2. The van der Waals surface area contributed by atoms with Crippen LogP contribution in [0.25, 0.3) is 0 Å². The second-order valence-electron chi connectivity index (χ2n) is 5.86. The lowest BCUT2D eigenvalue weighted by molar-refractivity contribution is 0.336. The number of hydrogen-bond acceptors (Lipinski definition) is 2. The zero-order valence-electron chi connectivity index (χ0n) is 12.9. The van der Waals surface area contributed by atoms with Crippen LogP contribution in [0.15, 0.2) is 42.7 Å². The van der Waals surface area contributed by atoms with Crippen LogP contribution in [0.3, 0.4) is 0 Å². The molecule has 2 rings (SSSR count). The van der Waals surface area contributed by atoms with E-state index < -0.39 is 0 Å². The molecule has 1 heterocycles. The van der Waals surface area contributed by atoms with Crippen molar-refractivity contribution >= 4 is 0 Å². The molecule has 3 nitrogen and oxygen atoms in total. The normalized spacial score (nSPS) is 13.4. The van der Waals surface area contributed by atoms with Crippen molar-refractivity contribution in [3.8, 4) is 0 Å². The van der Waals surface area contributed by atoms with E-state index in [-0.39, 0.29) is 5.41 Å². The fraction of sp³-hybridized carbons (Fsp3) is 0.471. The van der Waals surface area contributed by atoms with Crippen LogP contribution in [-0.2, 0) is 18.9 Å². The summed E-state index contributed by atoms with van der Waals surface area (Å²) in [6.07, 6.45) is 4.81. The molecular formula is C17H25N3. The topological polar surface area (TPSA) is 29.9 Å². The Morgan fingerprint density at radius 3 is 2.50 bits per heavy atom. The first-order valence-electron chi connectivity index (χ1n) is 7.30. The highest BCUT2D eigenvalue weighted by Gasteiger charge is 2.31. The van der Waals surface area contributed by atoms with Gasteiger partial charge in [0.15, 0.2) is 0 Å². The first-order chi connectivity index (χ1) is 9.55. The summed E-state index contributed by atoms with van der Waals surface area (Å²) in [6, 6.07) is 11.1. The van der Waals surface area contributed by atoms with Crippen molar-refractivity contribution in [3.63, 3.8) is 0 Å². The van der Waals surface area contributed by atoms with Gasteiger partial charge in [-0.05, 0) is 12.1 Å². The van der Waals surface area contributed by atoms with Crippen molar-refractivity contribution in [2.24, 2.45) is 7.05 Å². The van der Waals surface area contributed by atoms with Gasteiger partial charge >= 0.3 is 0 Å². The molecule has 2 aromatic rings. The van der Waals surface area contributed by atoms with E-state index in [0.717, 1.165) is 18.8 Å². The Hall–Kier alpha value is -1.61. The van der Waals surface area contributed by atoms with Gasteiger partial charge in [-0.2, -0.15) is 0 Å². The van der Waals surface area contributed by atoms with Crippen molar-refractivity contribution < 1.29 is 0 Å². The standard InChI is InChI=1S/C17H25N3/c1-5-18-15(13-16-19-11-12-20(16)4)17(2,3)14-9-7-6-8-10-14/h6-12,15,18H,5,13H2,1-4H3. The average Bonchev–Trinajstić information content (AvgIpc) is 2.85. The Bertz CT molecular complexity index is 528. The van der Waals surface area contributed by atoms with Crippen LogP contribution in [0.5, 0.6) is 0 Å². The molecule has 0 aliphatic heterocycles. The molecule has 0 aliphatic rings. The van der Waals surface area contributed by atoms with E-state index in [2.05, 4.69) is 73.0 Å². The van der Waals surface area contributed by atoms with Crippen LogP contribution in [0.4, 0.5) is 0 Å². The summed E-state index contributed by atoms with van der Waals surface area (Å²) in [7, 11) is 2.06. The number of nitrogens with one attached hydrogen (secondary N) is 1. The summed E-state index contributed by atoms with van der Waals surface area (Å²) in [4.78, 5) is 4.47. The minimum absolute atomic E-state index is 0.0587. The predicted molar refractivity (Wildman–Crippen MR) is 83.8 cm³/mol. The minimum atomic E-state index is 0.0587. The summed E-state index contributed by atoms with van der Waals surface area (Å²) in [5, 5.41) is 3.63. The fourth-order valence-corrected chi connectivity index (χ4v) is 2.67. The number of imidazole rings is 1. The van der Waals surface area contributed by atoms with E-state index in [1.807, 2.05) is 12.4 Å². The van der Waals surface area contributed by atoms with Gasteiger partial charge in [0.25, 0.3) is 0 Å². The van der Waals surface area contributed by atoms with Gasteiger partial charge in [-0.1, -0.05) is 51.1 Å². The molecule has 0 saturated carbocycles. The maximum Gasteiger partial charge on any atom is 0.109 e. The number of nitrogens with zero attached hydrogens (tertiary/aromatic N) is 2. The van der Waals surface area contributed by atoms with E-state index in [9.17, 15) is 0 Å². The average molecular weight is 271 g/mol. The minimum Gasteiger partial charge on any atom is -0.338 e. The van der Waals surface area contributed by atoms with E-state index >= 15 is 0 Å². The Balaban J connectivity index is 2.25. The third-order valence-corrected chi connectivity index (χ3v) is 4.15. The number of rotatable bonds is 6. The van der Waals surface area contributed by atoms with Gasteiger partial charge in [0.2, 0.25) is 0 Å². The molecule has 0 aliphatic carbocycles. The molecule has 0 spiro atoms. The van der Waals surface area contributed by atoms with Crippen molar-refractivity contribution in [2.45, 2.75) is 38.6 Å². The molecule has 0 bridgehead atoms. The molecule has 0 amide bonds. The highest BCUT2D eigenvalue weighted by Crippen LogP contribution is 2.28. The lowest BCUT2D eigenvalue weighted by atomic mass is 9.76. The van der Waals surface area contributed by atoms with Gasteiger partial charge < -0.3 is 9.88 Å². The van der Waals surface area contributed by atoms with Crippen LogP contribution < -0.4 is 5.32 Å². The maximum absolute atomic E-state index is 4.47. The van der Waals surface area contributed by atoms with Crippen LogP contribution >= 0.6 is 0 Å². The van der Waals surface area contributed by atoms with Gasteiger partial charge in [0, 0.05) is 37.3 Å². The van der Waals surface area contributed by atoms with Crippen molar-refractivity contribution in [1.82, 2.24) is 14.9 Å². The molecule has 108 valence electrons. The Morgan fingerprint density at radius 1 is 1.25 bits per heavy atom. The monoisotopic (exact) mass is 271 g/mol. The van der Waals surface area contributed by atoms with Crippen LogP contribution in [0.2, 0.25) is 0 Å². The number of benzene rings is 1. The molecule has 1 N–H and O–H groups in total. The Kier molecular flexibility index (Phi) is 4.61. The first kappa shape index (κ1) is 14.8. The zero-order valence-corrected chi connectivity index (χ0v) is 12.9. The zero-order chi connectivity index (χ0) is 14.6. The highest BCUT2D eigenvalue weighted by molar-refractivity contribution is 5.26. The maximum atomic E-state index is 4.47. The van der Waals surface area contributed by atoms with Gasteiger partial charge in [0.1, 0.15) is 5.82 Å². The summed E-state index contributed by atoms with van der Waals surface area (Å²) in [5.41, 5.74) is 1.42. The number of hydrogen-bond donors (Lipinski definition) is 1. The van der Waals surface area contributed by atoms with Crippen LogP contribution in [0.1, 0.15) is 32.2 Å². The molecule has 1 unspecified atom stereocenters. The third kappa shape index (κ3) is 3.10. The van der Waals surface area contributed by atoms with E-state index in [1.165, 1.54) is 5.56 Å². The molecule has 1 aromatic heterocycles. The smallest absolute Gasteiger partial charge is 0.109 e. The van der Waals surface area contributed by atoms with Crippen LogP contribution in [-0.4, -0.2) is 22.1 Å². The van der Waals surface area contributed by atoms with Crippen molar-refractivity contribution in [2.75, 3.05) is 6.54 Å². The number of aryl methyl sites for hydroxylation is 1. The van der Waals surface area contributed by atoms with Crippen LogP contribution in [0, 0.1) is 0 Å². The SMILES string of the molecule is CCNC(Cc1nccn1C)C(C)(C)c1ccccc1. The molecule has 1 atom stereocenters. The summed E-state index contributed by atoms with van der Waals surface area (Å²) in [5.74, 6) is 1.12. The van der Waals surface area contributed by atoms with Gasteiger partial charge in [0.05, 0.1) is 0 Å². The van der Waals surface area contributed by atoms with E-state index in [4.69, 9.17) is 0 Å². The Morgan fingerprint density at radius 2 is 1.95 bits per heavy atom. The molecule has 20 heavy (non-hydrogen) atoms. The third-order valence-electron chi connectivity index (χ3n) is 4.15. The second kappa shape index (κ2) is 6.23. The largest absolute Gasteiger partial charge is 0.338 e. The molecule has 1 aromatic carbocycles. The van der Waals surface area contributed by atoms with Gasteiger partial charge in [-0.15, -0.1) is 0 Å². The lowest BCUT2D eigenvalue weighted by Crippen LogP contribution is -2.46. The lowest BCUT2D eigenvalue weighted by Gasteiger charge is -2.35. The molecule has 0 saturated heterocycles. The molecule has 3 heteroatoms. The summed E-state index contributed by atoms with van der Waals surface area (Å²) < 4.78 is 2.10.